The molecule has 1 aliphatic heterocycles. The van der Waals surface area contributed by atoms with Gasteiger partial charge in [0.1, 0.15) is 16.8 Å². The highest BCUT2D eigenvalue weighted by Gasteiger charge is 2.59. The Morgan fingerprint density at radius 1 is 1.32 bits per heavy atom. The molecule has 122 valence electrons. The maximum absolute atomic E-state index is 12.6. The van der Waals surface area contributed by atoms with Crippen molar-refractivity contribution >= 4 is 5.97 Å². The molecule has 0 aromatic heterocycles. The predicted octanol–water partition coefficient (Wildman–Crippen LogP) is 0.793. The summed E-state index contributed by atoms with van der Waals surface area (Å²) in [4.78, 5) is 10.5. The minimum atomic E-state index is -1.06. The number of aliphatic carboxylic acids is 1. The highest BCUT2D eigenvalue weighted by Crippen LogP contribution is 2.36. The van der Waals surface area contributed by atoms with Crippen LogP contribution in [0.4, 0.5) is 0 Å². The molecule has 3 N–H and O–H groups in total. The van der Waals surface area contributed by atoms with E-state index in [1.54, 1.807) is 24.3 Å². The van der Waals surface area contributed by atoms with Crippen LogP contribution in [0.15, 0.2) is 24.3 Å². The summed E-state index contributed by atoms with van der Waals surface area (Å²) in [5.41, 5.74) is -0.730. The molecule has 1 saturated heterocycles. The number of carboxylic acids is 1. The molecule has 2 atom stereocenters. The van der Waals surface area contributed by atoms with Gasteiger partial charge in [-0.2, -0.15) is 0 Å². The van der Waals surface area contributed by atoms with Gasteiger partial charge in [-0.3, -0.25) is 0 Å². The van der Waals surface area contributed by atoms with Crippen molar-refractivity contribution in [1.82, 2.24) is 5.06 Å². The second-order valence-electron chi connectivity index (χ2n) is 6.55. The number of ether oxygens (including phenoxy) is 1. The summed E-state index contributed by atoms with van der Waals surface area (Å²) in [5.74, 6) is -0.653. The number of nitrogens with one attached hydrogen (secondary N) is 1. The lowest BCUT2D eigenvalue weighted by Crippen LogP contribution is -3.14. The summed E-state index contributed by atoms with van der Waals surface area (Å²) >= 11 is 0. The fourth-order valence-electron chi connectivity index (χ4n) is 2.55. The zero-order chi connectivity index (χ0) is 16.7. The Morgan fingerprint density at radius 2 is 1.86 bits per heavy atom. The Balaban J connectivity index is 2.23. The number of quaternary nitrogens is 1. The molecule has 1 heterocycles. The second-order valence-corrected chi connectivity index (χ2v) is 6.55. The van der Waals surface area contributed by atoms with E-state index in [-0.39, 0.29) is 5.06 Å². The van der Waals surface area contributed by atoms with Gasteiger partial charge in [-0.05, 0) is 52.0 Å². The van der Waals surface area contributed by atoms with Gasteiger partial charge in [-0.1, -0.05) is 0 Å². The summed E-state index contributed by atoms with van der Waals surface area (Å²) in [6.45, 7) is 6.88. The lowest BCUT2D eigenvalue weighted by atomic mass is 9.84. The van der Waals surface area contributed by atoms with Crippen molar-refractivity contribution in [1.29, 1.82) is 0 Å². The van der Waals surface area contributed by atoms with E-state index in [4.69, 9.17) is 9.84 Å². The van der Waals surface area contributed by atoms with Crippen LogP contribution >= 0.6 is 0 Å². The lowest BCUT2D eigenvalue weighted by Gasteiger charge is -2.39. The van der Waals surface area contributed by atoms with E-state index in [2.05, 4.69) is 0 Å². The van der Waals surface area contributed by atoms with Crippen LogP contribution in [-0.4, -0.2) is 39.0 Å². The summed E-state index contributed by atoms with van der Waals surface area (Å²) in [5, 5.41) is 32.7. The predicted molar refractivity (Wildman–Crippen MR) is 78.4 cm³/mol. The summed E-state index contributed by atoms with van der Waals surface area (Å²) in [6.07, 6.45) is -0.737. The average Bonchev–Trinajstić information content (AvgIpc) is 2.56. The first-order valence-electron chi connectivity index (χ1n) is 7.06. The normalized spacial score (nSPS) is 26.8. The molecule has 1 aromatic carbocycles. The Bertz CT molecular complexity index is 536. The van der Waals surface area contributed by atoms with E-state index < -0.39 is 29.8 Å². The van der Waals surface area contributed by atoms with Crippen LogP contribution in [-0.2, 0) is 4.79 Å². The van der Waals surface area contributed by atoms with E-state index >= 15 is 0 Å². The first kappa shape index (κ1) is 16.7. The molecule has 0 aliphatic carbocycles. The molecule has 22 heavy (non-hydrogen) atoms. The van der Waals surface area contributed by atoms with Gasteiger partial charge < -0.3 is 25.3 Å². The fraction of sp³-hybridized carbons (Fsp3) is 0.533. The van der Waals surface area contributed by atoms with Crippen molar-refractivity contribution in [3.05, 3.63) is 35.0 Å². The zero-order valence-electron chi connectivity index (χ0n) is 13.2. The molecule has 0 bridgehead atoms. The van der Waals surface area contributed by atoms with Gasteiger partial charge >= 0.3 is 5.97 Å². The van der Waals surface area contributed by atoms with Gasteiger partial charge in [0.2, 0.25) is 0 Å². The van der Waals surface area contributed by atoms with Crippen LogP contribution in [0.1, 0.15) is 39.4 Å². The molecular formula is C15H22N2O5. The monoisotopic (exact) mass is 310 g/mol. The lowest BCUT2D eigenvalue weighted by molar-refractivity contribution is -0.925. The Morgan fingerprint density at radius 3 is 2.27 bits per heavy atom. The molecule has 7 nitrogen and oxygen atoms in total. The van der Waals surface area contributed by atoms with Crippen LogP contribution in [0, 0.1) is 5.21 Å². The van der Waals surface area contributed by atoms with E-state index in [1.807, 2.05) is 27.7 Å². The third-order valence-corrected chi connectivity index (χ3v) is 4.77. The molecule has 2 unspecified atom stereocenters. The van der Waals surface area contributed by atoms with Crippen LogP contribution in [0.3, 0.4) is 0 Å². The van der Waals surface area contributed by atoms with E-state index in [9.17, 15) is 15.2 Å². The molecule has 0 saturated carbocycles. The van der Waals surface area contributed by atoms with Gasteiger partial charge in [-0.15, -0.1) is 5.06 Å². The highest BCUT2D eigenvalue weighted by molar-refractivity contribution is 5.68. The molecule has 0 radical (unpaired) electrons. The number of carboxylic acid groups (broad SMARTS) is 1. The van der Waals surface area contributed by atoms with E-state index in [0.717, 1.165) is 5.06 Å². The number of nitrogens with zero attached hydrogens (tertiary/aromatic N) is 1. The van der Waals surface area contributed by atoms with Gasteiger partial charge in [0, 0.05) is 5.56 Å². The SMILES string of the molecule is CC1(C)N(O)C(c2ccc(OCC(=O)O)cc2)[NH+]([O-])C1(C)C. The number of carbonyl (C=O) groups is 1. The first-order valence-corrected chi connectivity index (χ1v) is 7.06. The standard InChI is InChI=1S/C15H22N2O5/c1-14(2)15(3,4)17(21)13(16(14)20)10-5-7-11(8-6-10)22-9-12(18)19/h5-8,13,16,21H,9H2,1-4H3,(H,18,19). The largest absolute Gasteiger partial charge is 0.632 e. The smallest absolute Gasteiger partial charge is 0.341 e. The van der Waals surface area contributed by atoms with Crippen molar-refractivity contribution in [2.24, 2.45) is 0 Å². The Kier molecular flexibility index (Phi) is 4.18. The maximum atomic E-state index is 12.6. The molecule has 2 rings (SSSR count). The Labute approximate surface area is 129 Å². The quantitative estimate of drug-likeness (QED) is 0.712. The van der Waals surface area contributed by atoms with Crippen LogP contribution < -0.4 is 9.80 Å². The third-order valence-electron chi connectivity index (χ3n) is 4.77. The van der Waals surface area contributed by atoms with Crippen LogP contribution in [0.5, 0.6) is 5.75 Å². The van der Waals surface area contributed by atoms with E-state index in [1.165, 1.54) is 0 Å². The Hall–Kier alpha value is -1.67. The van der Waals surface area contributed by atoms with Gasteiger partial charge in [0.15, 0.2) is 12.8 Å². The molecular weight excluding hydrogens is 288 g/mol. The number of hydrogen-bond donors (Lipinski definition) is 3. The van der Waals surface area contributed by atoms with Crippen molar-refractivity contribution in [3.8, 4) is 5.75 Å². The number of rotatable bonds is 4. The van der Waals surface area contributed by atoms with Crippen molar-refractivity contribution in [3.63, 3.8) is 0 Å². The minimum Gasteiger partial charge on any atom is -0.632 e. The number of hydrogen-bond acceptors (Lipinski definition) is 5. The van der Waals surface area contributed by atoms with Crippen molar-refractivity contribution < 1.29 is 24.9 Å². The van der Waals surface area contributed by atoms with Crippen molar-refractivity contribution in [2.75, 3.05) is 6.61 Å². The first-order chi connectivity index (χ1) is 10.1. The summed E-state index contributed by atoms with van der Waals surface area (Å²) < 4.78 is 5.06. The zero-order valence-corrected chi connectivity index (χ0v) is 13.2. The second kappa shape index (κ2) is 5.51. The molecule has 1 aromatic rings. The van der Waals surface area contributed by atoms with Gasteiger partial charge in [0.25, 0.3) is 0 Å². The highest BCUT2D eigenvalue weighted by atomic mass is 16.6. The molecule has 1 aliphatic rings. The fourth-order valence-corrected chi connectivity index (χ4v) is 2.55. The maximum Gasteiger partial charge on any atom is 0.341 e. The van der Waals surface area contributed by atoms with Gasteiger partial charge in [0.05, 0.1) is 0 Å². The average molecular weight is 310 g/mol. The topological polar surface area (TPSA) is 97.5 Å². The van der Waals surface area contributed by atoms with Gasteiger partial charge in [-0.25, -0.2) is 4.79 Å². The van der Waals surface area contributed by atoms with E-state index in [0.29, 0.717) is 11.3 Å². The molecule has 0 amide bonds. The minimum absolute atomic E-state index is 0.0563. The third kappa shape index (κ3) is 2.56. The summed E-state index contributed by atoms with van der Waals surface area (Å²) in [7, 11) is 0. The molecule has 7 heteroatoms. The summed E-state index contributed by atoms with van der Waals surface area (Å²) in [6, 6.07) is 6.52. The number of benzene rings is 1. The van der Waals surface area contributed by atoms with Crippen LogP contribution in [0.25, 0.3) is 0 Å². The van der Waals surface area contributed by atoms with Crippen molar-refractivity contribution in [2.45, 2.75) is 44.9 Å². The molecule has 0 spiro atoms. The number of hydroxylamine groups is 4. The van der Waals surface area contributed by atoms with Crippen LogP contribution in [0.2, 0.25) is 0 Å². The molecule has 1 fully saturated rings.